The molecule has 4 nitrogen and oxygen atoms in total. The summed E-state index contributed by atoms with van der Waals surface area (Å²) in [6.45, 7) is 8.02. The van der Waals surface area contributed by atoms with Gasteiger partial charge in [0.1, 0.15) is 0 Å². The number of rotatable bonds is 27. The van der Waals surface area contributed by atoms with E-state index in [0.29, 0.717) is 23.7 Å². The van der Waals surface area contributed by atoms with Crippen LogP contribution in [0.25, 0.3) is 0 Å². The fraction of sp³-hybridized carbons (Fsp3) is 0.667. The van der Waals surface area contributed by atoms with E-state index in [9.17, 15) is 4.79 Å². The molecule has 0 aliphatic rings. The van der Waals surface area contributed by atoms with Gasteiger partial charge in [-0.15, -0.1) is 0 Å². The number of benzene rings is 2. The third-order valence-electron chi connectivity index (χ3n) is 8.29. The van der Waals surface area contributed by atoms with Gasteiger partial charge in [-0.05, 0) is 49.6 Å². The Morgan fingerprint density at radius 2 is 1.00 bits per heavy atom. The largest absolute Gasteiger partial charge is 0.490 e. The molecule has 0 saturated heterocycles. The van der Waals surface area contributed by atoms with Gasteiger partial charge < -0.3 is 14.2 Å². The Kier molecular flexibility index (Phi) is 21.5. The van der Waals surface area contributed by atoms with E-state index < -0.39 is 0 Å². The summed E-state index contributed by atoms with van der Waals surface area (Å²) in [7, 11) is 0. The highest BCUT2D eigenvalue weighted by Crippen LogP contribution is 2.28. The van der Waals surface area contributed by atoms with Crippen molar-refractivity contribution in [2.24, 2.45) is 0 Å². The molecule has 0 aliphatic carbocycles. The summed E-state index contributed by atoms with van der Waals surface area (Å²) in [5.41, 5.74) is 1.60. The van der Waals surface area contributed by atoms with Crippen LogP contribution < -0.4 is 9.47 Å². The molecule has 2 aromatic carbocycles. The maximum absolute atomic E-state index is 12.9. The highest BCUT2D eigenvalue weighted by molar-refractivity contribution is 5.91. The Morgan fingerprint density at radius 3 is 1.51 bits per heavy atom. The van der Waals surface area contributed by atoms with E-state index in [1.54, 1.807) is 6.07 Å². The number of unbranched alkanes of at least 4 members (excludes halogenated alkanes) is 18. The Morgan fingerprint density at radius 1 is 0.558 bits per heavy atom. The van der Waals surface area contributed by atoms with Crippen molar-refractivity contribution in [3.8, 4) is 11.5 Å². The van der Waals surface area contributed by atoms with Crippen LogP contribution in [0.3, 0.4) is 0 Å². The van der Waals surface area contributed by atoms with Crippen LogP contribution >= 0.6 is 0 Å². The number of hydrogen-bond donors (Lipinski definition) is 0. The van der Waals surface area contributed by atoms with Crippen molar-refractivity contribution in [1.82, 2.24) is 0 Å². The molecule has 0 bridgehead atoms. The number of para-hydroxylation sites is 2. The standard InChI is InChI=1S/C39H62O4/c1-4-6-8-10-12-14-16-18-20-24-32-41-34(3)35-28-30-36(31-29-35)39(40)43-38-27-23-22-26-37(38)42-33-25-21-19-17-15-13-11-9-7-5-2/h22-23,26-31,34H,4-21,24-25,32-33H2,1-3H3. The second-order valence-electron chi connectivity index (χ2n) is 12.2. The number of ether oxygens (including phenoxy) is 3. The molecule has 2 aromatic rings. The quantitative estimate of drug-likeness (QED) is 0.0586. The fourth-order valence-electron chi connectivity index (χ4n) is 5.42. The first-order valence-electron chi connectivity index (χ1n) is 17.8. The van der Waals surface area contributed by atoms with Gasteiger partial charge in [-0.25, -0.2) is 4.79 Å². The first kappa shape index (κ1) is 36.9. The Labute approximate surface area is 264 Å². The number of hydrogen-bond acceptors (Lipinski definition) is 4. The van der Waals surface area contributed by atoms with Crippen molar-refractivity contribution in [3.63, 3.8) is 0 Å². The van der Waals surface area contributed by atoms with Crippen molar-refractivity contribution < 1.29 is 19.0 Å². The smallest absolute Gasteiger partial charge is 0.343 e. The maximum Gasteiger partial charge on any atom is 0.343 e. The summed E-state index contributed by atoms with van der Waals surface area (Å²) in [5, 5.41) is 0. The van der Waals surface area contributed by atoms with E-state index in [1.807, 2.05) is 42.5 Å². The number of carbonyl (C=O) groups is 1. The van der Waals surface area contributed by atoms with E-state index in [4.69, 9.17) is 14.2 Å². The minimum atomic E-state index is -0.375. The summed E-state index contributed by atoms with van der Waals surface area (Å²) in [6, 6.07) is 15.0. The zero-order valence-electron chi connectivity index (χ0n) is 27.9. The minimum Gasteiger partial charge on any atom is -0.490 e. The molecule has 242 valence electrons. The minimum absolute atomic E-state index is 0.00329. The average Bonchev–Trinajstić information content (AvgIpc) is 3.03. The first-order chi connectivity index (χ1) is 21.2. The molecule has 0 amide bonds. The molecule has 0 radical (unpaired) electrons. The van der Waals surface area contributed by atoms with Crippen LogP contribution in [0.4, 0.5) is 0 Å². The molecule has 0 saturated carbocycles. The molecule has 0 heterocycles. The molecular weight excluding hydrogens is 532 g/mol. The number of esters is 1. The maximum atomic E-state index is 12.9. The topological polar surface area (TPSA) is 44.8 Å². The van der Waals surface area contributed by atoms with Crippen molar-refractivity contribution in [3.05, 3.63) is 59.7 Å². The van der Waals surface area contributed by atoms with E-state index >= 15 is 0 Å². The van der Waals surface area contributed by atoms with Crippen LogP contribution in [0.5, 0.6) is 11.5 Å². The fourth-order valence-corrected chi connectivity index (χ4v) is 5.42. The SMILES string of the molecule is CCCCCCCCCCCCOc1ccccc1OC(=O)c1ccc(C(C)OCCCCCCCCCCCC)cc1. The molecule has 0 N–H and O–H groups in total. The summed E-state index contributed by atoms with van der Waals surface area (Å²) in [5.74, 6) is 0.717. The van der Waals surface area contributed by atoms with Crippen LogP contribution in [-0.4, -0.2) is 19.2 Å². The second kappa shape index (κ2) is 25.0. The van der Waals surface area contributed by atoms with Gasteiger partial charge in [0.05, 0.1) is 18.3 Å². The predicted molar refractivity (Wildman–Crippen MR) is 181 cm³/mol. The van der Waals surface area contributed by atoms with Crippen LogP contribution in [0.2, 0.25) is 0 Å². The molecule has 43 heavy (non-hydrogen) atoms. The molecule has 1 atom stereocenters. The molecule has 4 heteroatoms. The lowest BCUT2D eigenvalue weighted by Gasteiger charge is -2.14. The lowest BCUT2D eigenvalue weighted by Crippen LogP contribution is -2.10. The van der Waals surface area contributed by atoms with Gasteiger partial charge in [-0.1, -0.05) is 154 Å². The van der Waals surface area contributed by atoms with E-state index in [-0.39, 0.29) is 12.1 Å². The Hall–Kier alpha value is -2.33. The zero-order chi connectivity index (χ0) is 30.8. The van der Waals surface area contributed by atoms with Crippen LogP contribution in [0.1, 0.15) is 171 Å². The summed E-state index contributed by atoms with van der Waals surface area (Å²) in [6.07, 6.45) is 26.1. The van der Waals surface area contributed by atoms with Gasteiger partial charge in [0, 0.05) is 6.61 Å². The molecule has 2 rings (SSSR count). The highest BCUT2D eigenvalue weighted by atomic mass is 16.6. The Bertz CT molecular complexity index is 939. The van der Waals surface area contributed by atoms with Gasteiger partial charge in [0.2, 0.25) is 0 Å². The second-order valence-corrected chi connectivity index (χ2v) is 12.2. The van der Waals surface area contributed by atoms with Gasteiger partial charge in [0.25, 0.3) is 0 Å². The van der Waals surface area contributed by atoms with E-state index in [0.717, 1.165) is 25.0 Å². The third kappa shape index (κ3) is 17.5. The van der Waals surface area contributed by atoms with Gasteiger partial charge in [-0.3, -0.25) is 0 Å². The number of carbonyl (C=O) groups excluding carboxylic acids is 1. The van der Waals surface area contributed by atoms with Crippen molar-refractivity contribution in [2.45, 2.75) is 155 Å². The lowest BCUT2D eigenvalue weighted by molar-refractivity contribution is 0.0625. The summed E-state index contributed by atoms with van der Waals surface area (Å²) >= 11 is 0. The van der Waals surface area contributed by atoms with Gasteiger partial charge in [-0.2, -0.15) is 0 Å². The molecule has 0 spiro atoms. The van der Waals surface area contributed by atoms with Crippen molar-refractivity contribution in [1.29, 1.82) is 0 Å². The summed E-state index contributed by atoms with van der Waals surface area (Å²) < 4.78 is 17.8. The van der Waals surface area contributed by atoms with Gasteiger partial charge in [0.15, 0.2) is 11.5 Å². The van der Waals surface area contributed by atoms with Crippen molar-refractivity contribution >= 4 is 5.97 Å². The molecule has 0 fully saturated rings. The molecule has 0 aromatic heterocycles. The van der Waals surface area contributed by atoms with E-state index in [2.05, 4.69) is 20.8 Å². The lowest BCUT2D eigenvalue weighted by atomic mass is 10.1. The van der Waals surface area contributed by atoms with Crippen molar-refractivity contribution in [2.75, 3.05) is 13.2 Å². The monoisotopic (exact) mass is 594 g/mol. The first-order valence-corrected chi connectivity index (χ1v) is 17.8. The van der Waals surface area contributed by atoms with Gasteiger partial charge >= 0.3 is 5.97 Å². The summed E-state index contributed by atoms with van der Waals surface area (Å²) in [4.78, 5) is 12.9. The van der Waals surface area contributed by atoms with Crippen LogP contribution in [-0.2, 0) is 4.74 Å². The van der Waals surface area contributed by atoms with Crippen LogP contribution in [0.15, 0.2) is 48.5 Å². The third-order valence-corrected chi connectivity index (χ3v) is 8.29. The zero-order valence-corrected chi connectivity index (χ0v) is 27.9. The normalized spacial score (nSPS) is 11.9. The predicted octanol–water partition coefficient (Wildman–Crippen LogP) is 12.2. The van der Waals surface area contributed by atoms with E-state index in [1.165, 1.54) is 116 Å². The average molecular weight is 595 g/mol. The molecular formula is C39H62O4. The molecule has 1 unspecified atom stereocenters. The highest BCUT2D eigenvalue weighted by Gasteiger charge is 2.14. The molecule has 0 aliphatic heterocycles. The van der Waals surface area contributed by atoms with Crippen LogP contribution in [0, 0.1) is 0 Å². The Balaban J connectivity index is 1.62.